The summed E-state index contributed by atoms with van der Waals surface area (Å²) in [6.45, 7) is 5.51. The molecule has 2 aromatic heterocycles. The van der Waals surface area contributed by atoms with Gasteiger partial charge in [0.15, 0.2) is 0 Å². The van der Waals surface area contributed by atoms with Crippen LogP contribution in [0.1, 0.15) is 76.3 Å². The molecule has 0 unspecified atom stereocenters. The molecule has 2 aromatic rings. The summed E-state index contributed by atoms with van der Waals surface area (Å²) in [5.41, 5.74) is 2.32. The molecule has 0 bridgehead atoms. The van der Waals surface area contributed by atoms with Gasteiger partial charge in [0, 0.05) is 24.2 Å². The summed E-state index contributed by atoms with van der Waals surface area (Å²) < 4.78 is 1.34. The van der Waals surface area contributed by atoms with Crippen LogP contribution in [0.4, 0.5) is 11.6 Å². The van der Waals surface area contributed by atoms with Crippen molar-refractivity contribution in [2.75, 3.05) is 22.9 Å². The topological polar surface area (TPSA) is 66.4 Å². The summed E-state index contributed by atoms with van der Waals surface area (Å²) >= 11 is 6.90. The fraction of sp³-hybridized carbons (Fsp3) is 0.462. The number of halogens is 2. The number of aromatic nitrogens is 2. The molecule has 0 aliphatic carbocycles. The number of unbranched alkanes of at least 4 members (excludes halogenated alkanes) is 6. The van der Waals surface area contributed by atoms with E-state index in [-0.39, 0.29) is 11.8 Å². The van der Waals surface area contributed by atoms with Crippen LogP contribution in [-0.4, -0.2) is 34.9 Å². The first-order valence-electron chi connectivity index (χ1n) is 12.2. The first-order valence-corrected chi connectivity index (χ1v) is 13.8. The van der Waals surface area contributed by atoms with E-state index in [0.717, 1.165) is 51.4 Å². The molecule has 0 saturated carbocycles. The molecule has 34 heavy (non-hydrogen) atoms. The lowest BCUT2D eigenvalue weighted by molar-refractivity contribution is -0.114. The zero-order chi connectivity index (χ0) is 24.2. The van der Waals surface area contributed by atoms with Crippen molar-refractivity contribution in [3.8, 4) is 0 Å². The number of nitrogens with zero attached hydrogens (tertiary/aromatic N) is 4. The normalized spacial score (nSPS) is 17.1. The van der Waals surface area contributed by atoms with Crippen molar-refractivity contribution in [2.45, 2.75) is 65.2 Å². The van der Waals surface area contributed by atoms with Crippen LogP contribution >= 0.6 is 31.9 Å². The number of hydrogen-bond donors (Lipinski definition) is 0. The second kappa shape index (κ2) is 11.1. The van der Waals surface area contributed by atoms with Gasteiger partial charge in [-0.1, -0.05) is 52.4 Å². The Labute approximate surface area is 218 Å². The van der Waals surface area contributed by atoms with Crippen LogP contribution in [-0.2, 0) is 9.59 Å². The number of carbonyl (C=O) groups excluding carboxylic acids is 2. The van der Waals surface area contributed by atoms with Crippen LogP contribution in [0.2, 0.25) is 0 Å². The van der Waals surface area contributed by atoms with Crippen molar-refractivity contribution in [1.29, 1.82) is 0 Å². The van der Waals surface area contributed by atoms with E-state index >= 15 is 0 Å². The summed E-state index contributed by atoms with van der Waals surface area (Å²) in [6.07, 6.45) is 8.44. The highest BCUT2D eigenvalue weighted by Crippen LogP contribution is 2.46. The number of anilines is 2. The molecule has 0 spiro atoms. The SMILES string of the molecule is CCCCCCN1C(=O)/C(=C2\C(=O)N(CCCCCC)c3nc(Br)ccc32)c2ccc(Br)nc21. The molecule has 0 fully saturated rings. The van der Waals surface area contributed by atoms with Crippen LogP contribution < -0.4 is 9.80 Å². The molecular formula is C26H30Br2N4O2. The maximum atomic E-state index is 13.8. The molecule has 4 rings (SSSR count). The number of amides is 2. The van der Waals surface area contributed by atoms with E-state index in [9.17, 15) is 9.59 Å². The van der Waals surface area contributed by atoms with Gasteiger partial charge in [-0.2, -0.15) is 0 Å². The first kappa shape index (κ1) is 25.0. The highest BCUT2D eigenvalue weighted by Gasteiger charge is 2.43. The zero-order valence-corrected chi connectivity index (χ0v) is 22.9. The molecule has 2 aliphatic heterocycles. The summed E-state index contributed by atoms with van der Waals surface area (Å²) in [5.74, 6) is 0.947. The number of hydrogen-bond acceptors (Lipinski definition) is 4. The van der Waals surface area contributed by atoms with Gasteiger partial charge in [-0.25, -0.2) is 9.97 Å². The first-order chi connectivity index (χ1) is 16.5. The molecule has 6 nitrogen and oxygen atoms in total. The monoisotopic (exact) mass is 588 g/mol. The Morgan fingerprint density at radius 3 is 1.44 bits per heavy atom. The fourth-order valence-electron chi connectivity index (χ4n) is 4.64. The fourth-order valence-corrected chi connectivity index (χ4v) is 5.24. The summed E-state index contributed by atoms with van der Waals surface area (Å²) in [7, 11) is 0. The Morgan fingerprint density at radius 1 is 0.647 bits per heavy atom. The van der Waals surface area contributed by atoms with Crippen molar-refractivity contribution >= 4 is 66.5 Å². The Kier molecular flexibility index (Phi) is 8.19. The number of rotatable bonds is 10. The quantitative estimate of drug-likeness (QED) is 0.174. The molecule has 0 atom stereocenters. The highest BCUT2D eigenvalue weighted by atomic mass is 79.9. The van der Waals surface area contributed by atoms with Gasteiger partial charge in [0.2, 0.25) is 0 Å². The minimum absolute atomic E-state index is 0.151. The van der Waals surface area contributed by atoms with Crippen LogP contribution in [0, 0.1) is 0 Å². The van der Waals surface area contributed by atoms with Crippen molar-refractivity contribution in [2.24, 2.45) is 0 Å². The van der Waals surface area contributed by atoms with Gasteiger partial charge in [-0.05, 0) is 69.0 Å². The Balaban J connectivity index is 1.77. The Hall–Kier alpha value is -2.06. The van der Waals surface area contributed by atoms with Crippen molar-refractivity contribution < 1.29 is 9.59 Å². The van der Waals surface area contributed by atoms with Gasteiger partial charge in [-0.3, -0.25) is 19.4 Å². The number of pyridine rings is 2. The lowest BCUT2D eigenvalue weighted by Crippen LogP contribution is -2.30. The third-order valence-corrected chi connectivity index (χ3v) is 7.25. The van der Waals surface area contributed by atoms with Crippen molar-refractivity contribution in [1.82, 2.24) is 9.97 Å². The highest BCUT2D eigenvalue weighted by molar-refractivity contribution is 9.10. The second-order valence-corrected chi connectivity index (χ2v) is 10.4. The second-order valence-electron chi connectivity index (χ2n) is 8.80. The van der Waals surface area contributed by atoms with E-state index in [1.807, 2.05) is 24.3 Å². The van der Waals surface area contributed by atoms with Gasteiger partial charge in [0.25, 0.3) is 11.8 Å². The third-order valence-electron chi connectivity index (χ3n) is 6.37. The van der Waals surface area contributed by atoms with Crippen molar-refractivity contribution in [3.05, 3.63) is 44.6 Å². The molecule has 2 amide bonds. The number of carbonyl (C=O) groups is 2. The molecule has 0 radical (unpaired) electrons. The van der Waals surface area contributed by atoms with E-state index in [4.69, 9.17) is 0 Å². The van der Waals surface area contributed by atoms with E-state index < -0.39 is 0 Å². The lowest BCUT2D eigenvalue weighted by Gasteiger charge is -2.16. The van der Waals surface area contributed by atoms with E-state index in [1.165, 1.54) is 0 Å². The molecule has 0 saturated heterocycles. The minimum Gasteiger partial charge on any atom is -0.292 e. The van der Waals surface area contributed by atoms with Crippen LogP contribution in [0.25, 0.3) is 11.1 Å². The smallest absolute Gasteiger partial charge is 0.261 e. The molecule has 0 aromatic carbocycles. The standard InChI is InChI=1S/C26H30Br2N4O2/c1-3-5-7-9-15-31-23-17(11-13-19(27)29-23)21(25(31)33)22-18-12-14-20(28)30-24(18)32(26(22)34)16-10-8-6-4-2/h11-14H,3-10,15-16H2,1-2H3/b22-21-. The maximum absolute atomic E-state index is 13.8. The maximum Gasteiger partial charge on any atom is 0.261 e. The number of fused-ring (bicyclic) bond motifs is 2. The minimum atomic E-state index is -0.151. The predicted molar refractivity (Wildman–Crippen MR) is 144 cm³/mol. The average Bonchev–Trinajstić information content (AvgIpc) is 3.23. The molecule has 8 heteroatoms. The van der Waals surface area contributed by atoms with Gasteiger partial charge < -0.3 is 0 Å². The van der Waals surface area contributed by atoms with Crippen LogP contribution in [0.3, 0.4) is 0 Å². The molecule has 4 heterocycles. The van der Waals surface area contributed by atoms with Gasteiger partial charge in [-0.15, -0.1) is 0 Å². The molecular weight excluding hydrogens is 560 g/mol. The summed E-state index contributed by atoms with van der Waals surface area (Å²) in [6, 6.07) is 7.44. The van der Waals surface area contributed by atoms with E-state index in [1.54, 1.807) is 9.80 Å². The van der Waals surface area contributed by atoms with Crippen LogP contribution in [0.5, 0.6) is 0 Å². The molecule has 2 aliphatic rings. The van der Waals surface area contributed by atoms with Crippen molar-refractivity contribution in [3.63, 3.8) is 0 Å². The van der Waals surface area contributed by atoms with Gasteiger partial charge >= 0.3 is 0 Å². The molecule has 0 N–H and O–H groups in total. The zero-order valence-electron chi connectivity index (χ0n) is 19.7. The Bertz CT molecular complexity index is 1040. The Morgan fingerprint density at radius 2 is 1.06 bits per heavy atom. The third kappa shape index (κ3) is 4.85. The van der Waals surface area contributed by atoms with Gasteiger partial charge in [0.1, 0.15) is 20.8 Å². The van der Waals surface area contributed by atoms with Crippen LogP contribution in [0.15, 0.2) is 33.5 Å². The largest absolute Gasteiger partial charge is 0.292 e. The van der Waals surface area contributed by atoms with Gasteiger partial charge in [0.05, 0.1) is 11.1 Å². The lowest BCUT2D eigenvalue weighted by atomic mass is 9.98. The average molecular weight is 590 g/mol. The molecule has 180 valence electrons. The van der Waals surface area contributed by atoms with E-state index in [2.05, 4.69) is 55.7 Å². The summed E-state index contributed by atoms with van der Waals surface area (Å²) in [4.78, 5) is 40.3. The summed E-state index contributed by atoms with van der Waals surface area (Å²) in [5, 5.41) is 0. The predicted octanol–water partition coefficient (Wildman–Crippen LogP) is 6.77. The van der Waals surface area contributed by atoms with E-state index in [0.29, 0.717) is 56.2 Å².